The molecule has 1 rings (SSSR count). The first-order valence-electron chi connectivity index (χ1n) is 3.60. The van der Waals surface area contributed by atoms with Crippen molar-refractivity contribution in [2.75, 3.05) is 0 Å². The molecule has 0 aromatic carbocycles. The van der Waals surface area contributed by atoms with Crippen LogP contribution >= 0.6 is 23.2 Å². The molecule has 0 atom stereocenters. The highest BCUT2D eigenvalue weighted by Crippen LogP contribution is 2.23. The molecule has 1 aromatic rings. The Morgan fingerprint density at radius 1 is 1.17 bits per heavy atom. The first-order valence-corrected chi connectivity index (χ1v) is 4.36. The predicted octanol–water partition coefficient (Wildman–Crippen LogP) is 3.08. The lowest BCUT2D eigenvalue weighted by atomic mass is 9.92. The van der Waals surface area contributed by atoms with Crippen molar-refractivity contribution >= 4 is 23.2 Å². The summed E-state index contributed by atoms with van der Waals surface area (Å²) in [6.45, 7) is 6.13. The molecule has 0 amide bonds. The monoisotopic (exact) mass is 204 g/mol. The smallest absolute Gasteiger partial charge is 0.222 e. The Kier molecular flexibility index (Phi) is 2.59. The lowest BCUT2D eigenvalue weighted by molar-refractivity contribution is 0.567. The second-order valence-electron chi connectivity index (χ2n) is 3.59. The maximum absolute atomic E-state index is 5.72. The summed E-state index contributed by atoms with van der Waals surface area (Å²) < 4.78 is 0. The van der Waals surface area contributed by atoms with Crippen LogP contribution in [-0.2, 0) is 5.41 Å². The third-order valence-corrected chi connectivity index (χ3v) is 1.80. The molecule has 0 spiro atoms. The van der Waals surface area contributed by atoms with Gasteiger partial charge in [0.2, 0.25) is 5.28 Å². The van der Waals surface area contributed by atoms with E-state index in [0.29, 0.717) is 5.15 Å². The molecule has 1 heterocycles. The Hall–Kier alpha value is -0.340. The summed E-state index contributed by atoms with van der Waals surface area (Å²) in [6, 6.07) is 1.73. The van der Waals surface area contributed by atoms with Gasteiger partial charge in [-0.05, 0) is 17.7 Å². The number of hydrogen-bond acceptors (Lipinski definition) is 2. The van der Waals surface area contributed by atoms with Gasteiger partial charge in [0, 0.05) is 5.41 Å². The molecule has 1 aromatic heterocycles. The van der Waals surface area contributed by atoms with Gasteiger partial charge in [-0.3, -0.25) is 0 Å². The van der Waals surface area contributed by atoms with E-state index in [1.165, 1.54) is 0 Å². The highest BCUT2D eigenvalue weighted by Gasteiger charge is 2.16. The van der Waals surface area contributed by atoms with Gasteiger partial charge in [0.1, 0.15) is 5.15 Å². The summed E-state index contributed by atoms with van der Waals surface area (Å²) in [5.74, 6) is 0. The van der Waals surface area contributed by atoms with E-state index >= 15 is 0 Å². The highest BCUT2D eigenvalue weighted by molar-refractivity contribution is 6.31. The molecule has 0 aliphatic carbocycles. The van der Waals surface area contributed by atoms with Crippen LogP contribution in [-0.4, -0.2) is 9.97 Å². The number of rotatable bonds is 0. The van der Waals surface area contributed by atoms with Crippen LogP contribution in [0.4, 0.5) is 0 Å². The molecule has 0 bridgehead atoms. The Balaban J connectivity index is 3.18. The van der Waals surface area contributed by atoms with Crippen LogP contribution in [0.15, 0.2) is 6.07 Å². The van der Waals surface area contributed by atoms with Crippen molar-refractivity contribution in [1.82, 2.24) is 9.97 Å². The van der Waals surface area contributed by atoms with Crippen LogP contribution < -0.4 is 0 Å². The van der Waals surface area contributed by atoms with Gasteiger partial charge in [0.05, 0.1) is 5.69 Å². The zero-order valence-electron chi connectivity index (χ0n) is 7.23. The van der Waals surface area contributed by atoms with E-state index in [-0.39, 0.29) is 10.7 Å². The topological polar surface area (TPSA) is 25.8 Å². The molecule has 0 N–H and O–H groups in total. The predicted molar refractivity (Wildman–Crippen MR) is 50.8 cm³/mol. The quantitative estimate of drug-likeness (QED) is 0.480. The molecule has 0 fully saturated rings. The largest absolute Gasteiger partial charge is 0.224 e. The Morgan fingerprint density at radius 2 is 1.75 bits per heavy atom. The molecule has 0 saturated carbocycles. The summed E-state index contributed by atoms with van der Waals surface area (Å²) in [7, 11) is 0. The van der Waals surface area contributed by atoms with Crippen LogP contribution in [0, 0.1) is 0 Å². The summed E-state index contributed by atoms with van der Waals surface area (Å²) >= 11 is 11.4. The van der Waals surface area contributed by atoms with Crippen LogP contribution in [0.5, 0.6) is 0 Å². The second kappa shape index (κ2) is 3.19. The van der Waals surface area contributed by atoms with Gasteiger partial charge in [-0.15, -0.1) is 0 Å². The maximum Gasteiger partial charge on any atom is 0.224 e. The van der Waals surface area contributed by atoms with E-state index in [1.807, 2.05) is 20.8 Å². The van der Waals surface area contributed by atoms with Crippen molar-refractivity contribution in [3.63, 3.8) is 0 Å². The van der Waals surface area contributed by atoms with Gasteiger partial charge in [0.15, 0.2) is 0 Å². The Morgan fingerprint density at radius 3 is 2.17 bits per heavy atom. The molecular formula is C8H10Cl2N2. The minimum atomic E-state index is -0.0454. The average Bonchev–Trinajstić information content (AvgIpc) is 1.82. The van der Waals surface area contributed by atoms with Crippen LogP contribution in [0.1, 0.15) is 26.5 Å². The lowest BCUT2D eigenvalue weighted by Gasteiger charge is -2.17. The third kappa shape index (κ3) is 2.32. The fourth-order valence-electron chi connectivity index (χ4n) is 0.774. The molecule has 0 radical (unpaired) electrons. The van der Waals surface area contributed by atoms with Gasteiger partial charge in [-0.2, -0.15) is 0 Å². The molecule has 0 aliphatic rings. The standard InChI is InChI=1S/C8H10Cl2N2/c1-8(2,3)5-4-6(9)12-7(10)11-5/h4H,1-3H3. The lowest BCUT2D eigenvalue weighted by Crippen LogP contribution is -2.13. The minimum absolute atomic E-state index is 0.0454. The fraction of sp³-hybridized carbons (Fsp3) is 0.500. The normalized spacial score (nSPS) is 11.8. The average molecular weight is 205 g/mol. The van der Waals surface area contributed by atoms with Crippen molar-refractivity contribution in [3.8, 4) is 0 Å². The van der Waals surface area contributed by atoms with E-state index in [1.54, 1.807) is 6.07 Å². The summed E-state index contributed by atoms with van der Waals surface area (Å²) in [5.41, 5.74) is 0.809. The number of halogens is 2. The van der Waals surface area contributed by atoms with Gasteiger partial charge >= 0.3 is 0 Å². The summed E-state index contributed by atoms with van der Waals surface area (Å²) in [4.78, 5) is 7.84. The molecule has 0 aliphatic heterocycles. The SMILES string of the molecule is CC(C)(C)c1cc(Cl)nc(Cl)n1. The highest BCUT2D eigenvalue weighted by atomic mass is 35.5. The summed E-state index contributed by atoms with van der Waals surface area (Å²) in [6.07, 6.45) is 0. The molecular weight excluding hydrogens is 195 g/mol. The molecule has 2 nitrogen and oxygen atoms in total. The molecule has 0 saturated heterocycles. The minimum Gasteiger partial charge on any atom is -0.222 e. The molecule has 66 valence electrons. The molecule has 0 unspecified atom stereocenters. The van der Waals surface area contributed by atoms with Crippen LogP contribution in [0.25, 0.3) is 0 Å². The van der Waals surface area contributed by atoms with Crippen molar-refractivity contribution in [2.24, 2.45) is 0 Å². The van der Waals surface area contributed by atoms with Crippen molar-refractivity contribution in [1.29, 1.82) is 0 Å². The first-order chi connectivity index (χ1) is 5.39. The van der Waals surface area contributed by atoms with E-state index in [0.717, 1.165) is 5.69 Å². The summed E-state index contributed by atoms with van der Waals surface area (Å²) in [5, 5.41) is 0.590. The van der Waals surface area contributed by atoms with Gasteiger partial charge in [0.25, 0.3) is 0 Å². The third-order valence-electron chi connectivity index (χ3n) is 1.44. The maximum atomic E-state index is 5.72. The van der Waals surface area contributed by atoms with Crippen molar-refractivity contribution < 1.29 is 0 Å². The number of aromatic nitrogens is 2. The zero-order valence-corrected chi connectivity index (χ0v) is 8.74. The van der Waals surface area contributed by atoms with Gasteiger partial charge in [-0.25, -0.2) is 9.97 Å². The van der Waals surface area contributed by atoms with E-state index < -0.39 is 0 Å². The molecule has 4 heteroatoms. The van der Waals surface area contributed by atoms with Gasteiger partial charge < -0.3 is 0 Å². The van der Waals surface area contributed by atoms with E-state index in [2.05, 4.69) is 9.97 Å². The van der Waals surface area contributed by atoms with Crippen molar-refractivity contribution in [2.45, 2.75) is 26.2 Å². The van der Waals surface area contributed by atoms with Gasteiger partial charge in [-0.1, -0.05) is 32.4 Å². The Labute approximate surface area is 81.9 Å². The van der Waals surface area contributed by atoms with Crippen molar-refractivity contribution in [3.05, 3.63) is 22.2 Å². The fourth-order valence-corrected chi connectivity index (χ4v) is 1.18. The van der Waals surface area contributed by atoms with E-state index in [9.17, 15) is 0 Å². The van der Waals surface area contributed by atoms with Crippen LogP contribution in [0.2, 0.25) is 10.4 Å². The first kappa shape index (κ1) is 9.75. The Bertz CT molecular complexity index is 271. The molecule has 12 heavy (non-hydrogen) atoms. The second-order valence-corrected chi connectivity index (χ2v) is 4.32. The zero-order chi connectivity index (χ0) is 9.35. The number of nitrogens with zero attached hydrogens (tertiary/aromatic N) is 2. The van der Waals surface area contributed by atoms with Crippen LogP contribution in [0.3, 0.4) is 0 Å². The van der Waals surface area contributed by atoms with E-state index in [4.69, 9.17) is 23.2 Å². The number of hydrogen-bond donors (Lipinski definition) is 0.